The van der Waals surface area contributed by atoms with E-state index in [0.29, 0.717) is 16.3 Å². The molecule has 0 atom stereocenters. The molecule has 0 saturated carbocycles. The van der Waals surface area contributed by atoms with Crippen molar-refractivity contribution in [1.82, 2.24) is 5.32 Å². The van der Waals surface area contributed by atoms with Gasteiger partial charge in [0.25, 0.3) is 10.0 Å². The number of carbonyl (C=O) groups excluding carboxylic acids is 1. The highest BCUT2D eigenvalue weighted by molar-refractivity contribution is 7.92. The lowest BCUT2D eigenvalue weighted by molar-refractivity contribution is -0.119. The molecule has 0 aromatic heterocycles. The van der Waals surface area contributed by atoms with Crippen LogP contribution in [0.25, 0.3) is 0 Å². The summed E-state index contributed by atoms with van der Waals surface area (Å²) in [5.41, 5.74) is 2.85. The third-order valence-corrected chi connectivity index (χ3v) is 7.96. The molecular weight excluding hydrogens is 496 g/mol. The summed E-state index contributed by atoms with van der Waals surface area (Å²) in [6.07, 6.45) is 0. The summed E-state index contributed by atoms with van der Waals surface area (Å²) in [6.45, 7) is 10.0. The molecule has 0 aliphatic rings. The van der Waals surface area contributed by atoms with Crippen molar-refractivity contribution in [2.75, 3.05) is 24.0 Å². The van der Waals surface area contributed by atoms with Gasteiger partial charge in [-0.15, -0.1) is 0 Å². The molecule has 1 amide bonds. The van der Waals surface area contributed by atoms with Crippen LogP contribution in [0, 0.1) is 13.8 Å². The zero-order valence-electron chi connectivity index (χ0n) is 21.3. The quantitative estimate of drug-likeness (QED) is 0.364. The van der Waals surface area contributed by atoms with Gasteiger partial charge in [0, 0.05) is 5.02 Å². The van der Waals surface area contributed by atoms with Crippen molar-refractivity contribution in [3.63, 3.8) is 0 Å². The first-order chi connectivity index (χ1) is 16.9. The van der Waals surface area contributed by atoms with Crippen LogP contribution in [0.5, 0.6) is 5.75 Å². The van der Waals surface area contributed by atoms with Gasteiger partial charge in [0.2, 0.25) is 5.91 Å². The van der Waals surface area contributed by atoms with Gasteiger partial charge in [-0.2, -0.15) is 0 Å². The maximum absolute atomic E-state index is 13.6. The number of halogens is 1. The summed E-state index contributed by atoms with van der Waals surface area (Å²) < 4.78 is 34.2. The van der Waals surface area contributed by atoms with Crippen molar-refractivity contribution >= 4 is 33.2 Å². The smallest absolute Gasteiger partial charge is 0.264 e. The lowest BCUT2D eigenvalue weighted by atomic mass is 9.86. The maximum Gasteiger partial charge on any atom is 0.264 e. The van der Waals surface area contributed by atoms with E-state index >= 15 is 0 Å². The monoisotopic (exact) mass is 528 g/mol. The Hall–Kier alpha value is -3.03. The predicted octanol–water partition coefficient (Wildman–Crippen LogP) is 5.64. The lowest BCUT2D eigenvalue weighted by Crippen LogP contribution is -2.42. The van der Waals surface area contributed by atoms with Gasteiger partial charge in [0.05, 0.1) is 17.1 Å². The standard InChI is InChI=1S/C28H33ClN2O4S/c1-20-13-15-22(16-14-20)36(33,34)31(25-11-8-10-24(29)21(25)2)19-27(32)30-17-18-35-26-12-7-6-9-23(26)28(3,4)5/h6-16H,17-19H2,1-5H3,(H,30,32). The number of benzene rings is 3. The van der Waals surface area contributed by atoms with E-state index in [4.69, 9.17) is 16.3 Å². The van der Waals surface area contributed by atoms with Gasteiger partial charge in [-0.3, -0.25) is 9.10 Å². The molecule has 0 radical (unpaired) electrons. The van der Waals surface area contributed by atoms with Crippen molar-refractivity contribution in [2.45, 2.75) is 44.9 Å². The maximum atomic E-state index is 13.6. The summed E-state index contributed by atoms with van der Waals surface area (Å²) in [7, 11) is -4.02. The van der Waals surface area contributed by atoms with Crippen LogP contribution in [-0.4, -0.2) is 34.0 Å². The topological polar surface area (TPSA) is 75.7 Å². The number of hydrogen-bond donors (Lipinski definition) is 1. The summed E-state index contributed by atoms with van der Waals surface area (Å²) in [5.74, 6) is 0.315. The number of carbonyl (C=O) groups is 1. The van der Waals surface area contributed by atoms with Crippen LogP contribution in [-0.2, 0) is 20.2 Å². The fourth-order valence-electron chi connectivity index (χ4n) is 3.75. The van der Waals surface area contributed by atoms with Crippen molar-refractivity contribution in [3.8, 4) is 5.75 Å². The minimum absolute atomic E-state index is 0.0838. The van der Waals surface area contributed by atoms with Gasteiger partial charge in [0.1, 0.15) is 18.9 Å². The molecule has 0 aliphatic heterocycles. The van der Waals surface area contributed by atoms with Gasteiger partial charge in [0.15, 0.2) is 0 Å². The largest absolute Gasteiger partial charge is 0.491 e. The summed E-state index contributed by atoms with van der Waals surface area (Å²) in [6, 6.07) is 19.3. The average molecular weight is 529 g/mol. The van der Waals surface area contributed by atoms with Gasteiger partial charge < -0.3 is 10.1 Å². The zero-order chi connectivity index (χ0) is 26.5. The molecule has 3 aromatic rings. The highest BCUT2D eigenvalue weighted by Gasteiger charge is 2.28. The Kier molecular flexibility index (Phi) is 8.69. The molecule has 0 spiro atoms. The van der Waals surface area contributed by atoms with Crippen LogP contribution < -0.4 is 14.4 Å². The van der Waals surface area contributed by atoms with Crippen molar-refractivity contribution in [3.05, 3.63) is 88.4 Å². The first-order valence-electron chi connectivity index (χ1n) is 11.7. The molecule has 0 saturated heterocycles. The van der Waals surface area contributed by atoms with Crippen LogP contribution in [0.1, 0.15) is 37.5 Å². The van der Waals surface area contributed by atoms with Gasteiger partial charge in [-0.1, -0.05) is 74.3 Å². The van der Waals surface area contributed by atoms with Crippen LogP contribution in [0.15, 0.2) is 71.6 Å². The van der Waals surface area contributed by atoms with E-state index in [9.17, 15) is 13.2 Å². The van der Waals surface area contributed by atoms with E-state index in [1.54, 1.807) is 37.3 Å². The molecule has 0 fully saturated rings. The number of para-hydroxylation sites is 1. The van der Waals surface area contributed by atoms with E-state index in [-0.39, 0.29) is 23.5 Å². The fraction of sp³-hybridized carbons (Fsp3) is 0.321. The molecule has 1 N–H and O–H groups in total. The van der Waals surface area contributed by atoms with Crippen LogP contribution in [0.2, 0.25) is 5.02 Å². The molecule has 8 heteroatoms. The number of aryl methyl sites for hydroxylation is 1. The molecule has 0 bridgehead atoms. The van der Waals surface area contributed by atoms with Gasteiger partial charge in [-0.25, -0.2) is 8.42 Å². The highest BCUT2D eigenvalue weighted by Crippen LogP contribution is 2.32. The Morgan fingerprint density at radius 1 is 0.972 bits per heavy atom. The van der Waals surface area contributed by atoms with Crippen LogP contribution in [0.3, 0.4) is 0 Å². The van der Waals surface area contributed by atoms with Crippen LogP contribution in [0.4, 0.5) is 5.69 Å². The van der Waals surface area contributed by atoms with Crippen molar-refractivity contribution < 1.29 is 17.9 Å². The van der Waals surface area contributed by atoms with E-state index in [1.807, 2.05) is 31.2 Å². The average Bonchev–Trinajstić information content (AvgIpc) is 2.82. The second-order valence-electron chi connectivity index (χ2n) is 9.65. The predicted molar refractivity (Wildman–Crippen MR) is 146 cm³/mol. The Bertz CT molecular complexity index is 1320. The molecule has 3 aromatic carbocycles. The number of nitrogens with one attached hydrogen (secondary N) is 1. The molecule has 192 valence electrons. The van der Waals surface area contributed by atoms with Crippen molar-refractivity contribution in [1.29, 1.82) is 0 Å². The molecule has 0 aliphatic carbocycles. The third kappa shape index (κ3) is 6.59. The number of anilines is 1. The Labute approximate surface area is 219 Å². The number of hydrogen-bond acceptors (Lipinski definition) is 4. The summed E-state index contributed by atoms with van der Waals surface area (Å²) in [5, 5.41) is 3.19. The molecule has 0 unspecified atom stereocenters. The first kappa shape index (κ1) is 27.6. The third-order valence-electron chi connectivity index (χ3n) is 5.78. The second-order valence-corrected chi connectivity index (χ2v) is 11.9. The van der Waals surface area contributed by atoms with Crippen molar-refractivity contribution in [2.24, 2.45) is 0 Å². The Morgan fingerprint density at radius 3 is 2.31 bits per heavy atom. The number of rotatable bonds is 9. The lowest BCUT2D eigenvalue weighted by Gasteiger charge is -2.26. The van der Waals surface area contributed by atoms with Gasteiger partial charge >= 0.3 is 0 Å². The molecule has 6 nitrogen and oxygen atoms in total. The molecular formula is C28H33ClN2O4S. The number of sulfonamides is 1. The van der Waals surface area contributed by atoms with E-state index in [2.05, 4.69) is 26.1 Å². The number of amides is 1. The fourth-order valence-corrected chi connectivity index (χ4v) is 5.40. The Balaban J connectivity index is 1.75. The normalized spacial score (nSPS) is 11.7. The number of ether oxygens (including phenoxy) is 1. The SMILES string of the molecule is Cc1ccc(S(=O)(=O)N(CC(=O)NCCOc2ccccc2C(C)(C)C)c2cccc(Cl)c2C)cc1. The summed E-state index contributed by atoms with van der Waals surface area (Å²) >= 11 is 6.28. The Morgan fingerprint density at radius 2 is 1.64 bits per heavy atom. The summed E-state index contributed by atoms with van der Waals surface area (Å²) in [4.78, 5) is 13.0. The van der Waals surface area contributed by atoms with Crippen LogP contribution >= 0.6 is 11.6 Å². The molecule has 0 heterocycles. The van der Waals surface area contributed by atoms with E-state index < -0.39 is 22.5 Å². The van der Waals surface area contributed by atoms with E-state index in [1.165, 1.54) is 12.1 Å². The van der Waals surface area contributed by atoms with Gasteiger partial charge in [-0.05, 0) is 60.7 Å². The second kappa shape index (κ2) is 11.4. The minimum Gasteiger partial charge on any atom is -0.491 e. The van der Waals surface area contributed by atoms with E-state index in [0.717, 1.165) is 21.2 Å². The zero-order valence-corrected chi connectivity index (χ0v) is 22.9. The molecule has 36 heavy (non-hydrogen) atoms. The molecule has 3 rings (SSSR count). The minimum atomic E-state index is -4.02. The first-order valence-corrected chi connectivity index (χ1v) is 13.6. The highest BCUT2D eigenvalue weighted by atomic mass is 35.5. The number of nitrogens with zero attached hydrogens (tertiary/aromatic N) is 1.